The Morgan fingerprint density at radius 1 is 1.50 bits per heavy atom. The molecule has 0 amide bonds. The second kappa shape index (κ2) is 3.48. The van der Waals surface area contributed by atoms with Gasteiger partial charge in [-0.2, -0.15) is 4.39 Å². The summed E-state index contributed by atoms with van der Waals surface area (Å²) in [6, 6.07) is 0. The van der Waals surface area contributed by atoms with Gasteiger partial charge < -0.3 is 4.98 Å². The van der Waals surface area contributed by atoms with Crippen molar-refractivity contribution in [3.8, 4) is 0 Å². The third-order valence-corrected chi connectivity index (χ3v) is 1.46. The Bertz CT molecular complexity index is 429. The van der Waals surface area contributed by atoms with E-state index in [-0.39, 0.29) is 0 Å². The highest BCUT2D eigenvalue weighted by Crippen LogP contribution is 2.18. The fourth-order valence-electron chi connectivity index (χ4n) is 0.843. The van der Waals surface area contributed by atoms with Crippen LogP contribution in [-0.2, 0) is 0 Å². The Morgan fingerprint density at radius 2 is 2.07 bits per heavy atom. The monoisotopic (exact) mass is 208 g/mol. The zero-order valence-corrected chi connectivity index (χ0v) is 6.46. The first kappa shape index (κ1) is 10.2. The lowest BCUT2D eigenvalue weighted by atomic mass is 10.2. The Morgan fingerprint density at radius 3 is 2.50 bits per heavy atom. The molecule has 0 bridgehead atoms. The summed E-state index contributed by atoms with van der Waals surface area (Å²) >= 11 is 0. The van der Waals surface area contributed by atoms with E-state index in [0.29, 0.717) is 6.20 Å². The number of hydrogen-bond donors (Lipinski definition) is 1. The minimum absolute atomic E-state index is 0.434. The van der Waals surface area contributed by atoms with Gasteiger partial charge in [-0.25, -0.2) is 8.78 Å². The summed E-state index contributed by atoms with van der Waals surface area (Å²) in [5, 5.41) is 10.1. The number of halogens is 3. The van der Waals surface area contributed by atoms with Crippen molar-refractivity contribution in [1.29, 1.82) is 0 Å². The van der Waals surface area contributed by atoms with E-state index in [4.69, 9.17) is 0 Å². The molecule has 0 aliphatic heterocycles. The van der Waals surface area contributed by atoms with Gasteiger partial charge in [0, 0.05) is 0 Å². The quantitative estimate of drug-likeness (QED) is 0.452. The van der Waals surface area contributed by atoms with Crippen LogP contribution in [0.4, 0.5) is 18.9 Å². The minimum atomic E-state index is -3.39. The van der Waals surface area contributed by atoms with Crippen molar-refractivity contribution in [3.05, 3.63) is 38.0 Å². The molecular weight excluding hydrogens is 205 g/mol. The van der Waals surface area contributed by atoms with Gasteiger partial charge >= 0.3 is 5.69 Å². The molecular formula is C6H3F3N2O3. The maximum absolute atomic E-state index is 12.6. The standard InChI is InChI=1S/C6H3F3N2O3/c7-5(8)3-4(12)2(11(13)14)1-10-6(3)9/h1,5H,(H,10,12). The van der Waals surface area contributed by atoms with E-state index in [9.17, 15) is 28.1 Å². The summed E-state index contributed by atoms with van der Waals surface area (Å²) in [5.74, 6) is -1.56. The average molecular weight is 208 g/mol. The number of pyridine rings is 1. The predicted octanol–water partition coefficient (Wildman–Crippen LogP) is 1.36. The normalized spacial score (nSPS) is 10.6. The van der Waals surface area contributed by atoms with Gasteiger partial charge in [0.05, 0.1) is 11.1 Å². The number of nitrogens with zero attached hydrogens (tertiary/aromatic N) is 1. The zero-order chi connectivity index (χ0) is 10.9. The van der Waals surface area contributed by atoms with E-state index in [2.05, 4.69) is 0 Å². The Labute approximate surface area is 74.3 Å². The summed E-state index contributed by atoms with van der Waals surface area (Å²) in [7, 11) is 0. The van der Waals surface area contributed by atoms with Gasteiger partial charge in [0.1, 0.15) is 5.56 Å². The molecule has 0 unspecified atom stereocenters. The van der Waals surface area contributed by atoms with E-state index in [1.165, 1.54) is 0 Å². The van der Waals surface area contributed by atoms with Crippen LogP contribution < -0.4 is 5.43 Å². The number of alkyl halides is 2. The van der Waals surface area contributed by atoms with Crippen molar-refractivity contribution >= 4 is 5.69 Å². The van der Waals surface area contributed by atoms with Crippen molar-refractivity contribution in [2.24, 2.45) is 0 Å². The molecule has 1 aromatic heterocycles. The molecule has 0 aliphatic rings. The highest BCUT2D eigenvalue weighted by atomic mass is 19.3. The summed E-state index contributed by atoms with van der Waals surface area (Å²) < 4.78 is 36.7. The predicted molar refractivity (Wildman–Crippen MR) is 38.6 cm³/mol. The molecule has 0 aliphatic carbocycles. The molecule has 0 atom stereocenters. The number of nitrogens with one attached hydrogen (secondary N) is 1. The lowest BCUT2D eigenvalue weighted by Crippen LogP contribution is -2.17. The van der Waals surface area contributed by atoms with Crippen LogP contribution in [0.25, 0.3) is 0 Å². The fraction of sp³-hybridized carbons (Fsp3) is 0.167. The van der Waals surface area contributed by atoms with Crippen LogP contribution in [0.5, 0.6) is 0 Å². The Hall–Kier alpha value is -1.86. The molecule has 14 heavy (non-hydrogen) atoms. The first-order valence-electron chi connectivity index (χ1n) is 3.28. The van der Waals surface area contributed by atoms with E-state index < -0.39 is 34.0 Å². The van der Waals surface area contributed by atoms with Gasteiger partial charge in [-0.1, -0.05) is 0 Å². The highest BCUT2D eigenvalue weighted by molar-refractivity contribution is 5.31. The van der Waals surface area contributed by atoms with Crippen LogP contribution in [0.15, 0.2) is 11.0 Å². The van der Waals surface area contributed by atoms with Crippen molar-refractivity contribution in [2.45, 2.75) is 6.43 Å². The lowest BCUT2D eigenvalue weighted by molar-refractivity contribution is -0.386. The van der Waals surface area contributed by atoms with Crippen LogP contribution in [0.1, 0.15) is 12.0 Å². The number of H-pyrrole nitrogens is 1. The lowest BCUT2D eigenvalue weighted by Gasteiger charge is -1.99. The molecule has 0 saturated heterocycles. The second-order valence-corrected chi connectivity index (χ2v) is 2.29. The molecule has 0 spiro atoms. The molecule has 1 aromatic rings. The van der Waals surface area contributed by atoms with Crippen LogP contribution in [-0.4, -0.2) is 9.91 Å². The van der Waals surface area contributed by atoms with Gasteiger partial charge in [0.15, 0.2) is 0 Å². The van der Waals surface area contributed by atoms with Crippen molar-refractivity contribution in [3.63, 3.8) is 0 Å². The molecule has 1 heterocycles. The van der Waals surface area contributed by atoms with Gasteiger partial charge in [-0.3, -0.25) is 14.9 Å². The number of aromatic amines is 1. The van der Waals surface area contributed by atoms with Crippen molar-refractivity contribution < 1.29 is 18.1 Å². The van der Waals surface area contributed by atoms with E-state index in [1.54, 1.807) is 4.98 Å². The maximum Gasteiger partial charge on any atom is 0.332 e. The van der Waals surface area contributed by atoms with Crippen LogP contribution >= 0.6 is 0 Å². The van der Waals surface area contributed by atoms with Crippen LogP contribution in [0, 0.1) is 16.1 Å². The summed E-state index contributed by atoms with van der Waals surface area (Å²) in [4.78, 5) is 21.4. The van der Waals surface area contributed by atoms with E-state index in [0.717, 1.165) is 0 Å². The summed E-state index contributed by atoms with van der Waals surface area (Å²) in [6.45, 7) is 0. The van der Waals surface area contributed by atoms with Crippen LogP contribution in [0.3, 0.4) is 0 Å². The number of nitro groups is 1. The number of aromatic nitrogens is 1. The first-order chi connectivity index (χ1) is 6.45. The second-order valence-electron chi connectivity index (χ2n) is 2.29. The maximum atomic E-state index is 12.6. The molecule has 1 rings (SSSR count). The molecule has 1 N–H and O–H groups in total. The smallest absolute Gasteiger partial charge is 0.332 e. The van der Waals surface area contributed by atoms with Crippen LogP contribution in [0.2, 0.25) is 0 Å². The molecule has 0 fully saturated rings. The van der Waals surface area contributed by atoms with Gasteiger partial charge in [-0.15, -0.1) is 0 Å². The third kappa shape index (κ3) is 1.58. The fourth-order valence-corrected chi connectivity index (χ4v) is 0.843. The topological polar surface area (TPSA) is 76.0 Å². The van der Waals surface area contributed by atoms with E-state index in [1.807, 2.05) is 0 Å². The molecule has 5 nitrogen and oxygen atoms in total. The number of rotatable bonds is 2. The van der Waals surface area contributed by atoms with Crippen molar-refractivity contribution in [2.75, 3.05) is 0 Å². The molecule has 0 aromatic carbocycles. The highest BCUT2D eigenvalue weighted by Gasteiger charge is 2.25. The third-order valence-electron chi connectivity index (χ3n) is 1.46. The summed E-state index contributed by atoms with van der Waals surface area (Å²) in [6.07, 6.45) is -2.96. The molecule has 76 valence electrons. The Balaban J connectivity index is 3.50. The SMILES string of the molecule is O=c1c([N+](=O)[O-])c[nH]c(F)c1C(F)F. The molecule has 8 heteroatoms. The molecule has 0 saturated carbocycles. The minimum Gasteiger partial charge on any atom is -0.332 e. The zero-order valence-electron chi connectivity index (χ0n) is 6.46. The average Bonchev–Trinajstić information content (AvgIpc) is 2.02. The largest absolute Gasteiger partial charge is 0.332 e. The summed E-state index contributed by atoms with van der Waals surface area (Å²) in [5.41, 5.74) is -4.23. The van der Waals surface area contributed by atoms with Crippen molar-refractivity contribution in [1.82, 2.24) is 4.98 Å². The van der Waals surface area contributed by atoms with Gasteiger partial charge in [0.2, 0.25) is 5.95 Å². The van der Waals surface area contributed by atoms with E-state index >= 15 is 0 Å². The van der Waals surface area contributed by atoms with Gasteiger partial charge in [-0.05, 0) is 0 Å². The number of hydrogen-bond acceptors (Lipinski definition) is 3. The van der Waals surface area contributed by atoms with Gasteiger partial charge in [0.25, 0.3) is 11.9 Å². The first-order valence-corrected chi connectivity index (χ1v) is 3.28. The molecule has 0 radical (unpaired) electrons. The Kier molecular flexibility index (Phi) is 2.54.